The number of carbonyl (C=O) groups excluding carboxylic acids is 1. The van der Waals surface area contributed by atoms with E-state index in [0.717, 1.165) is 18.7 Å². The molecule has 8 heteroatoms. The fraction of sp³-hybridized carbons (Fsp3) is 0.562. The quantitative estimate of drug-likeness (QED) is 0.825. The van der Waals surface area contributed by atoms with Gasteiger partial charge in [0.05, 0.1) is 18.6 Å². The third-order valence-corrected chi connectivity index (χ3v) is 5.79. The van der Waals surface area contributed by atoms with Crippen molar-refractivity contribution in [3.63, 3.8) is 0 Å². The van der Waals surface area contributed by atoms with Crippen molar-refractivity contribution in [1.29, 1.82) is 0 Å². The first-order valence-electron chi connectivity index (χ1n) is 7.86. The van der Waals surface area contributed by atoms with Gasteiger partial charge in [-0.3, -0.25) is 4.79 Å². The molecule has 1 aliphatic rings. The van der Waals surface area contributed by atoms with Gasteiger partial charge in [-0.2, -0.15) is 0 Å². The minimum atomic E-state index is -3.75. The van der Waals surface area contributed by atoms with Gasteiger partial charge in [0, 0.05) is 26.2 Å². The summed E-state index contributed by atoms with van der Waals surface area (Å²) in [6.07, 6.45) is 0. The molecule has 24 heavy (non-hydrogen) atoms. The summed E-state index contributed by atoms with van der Waals surface area (Å²) in [6, 6.07) is 3.25. The normalized spacial score (nSPS) is 16.2. The number of nitrogens with zero attached hydrogens (tertiary/aromatic N) is 2. The summed E-state index contributed by atoms with van der Waals surface area (Å²) in [7, 11) is -0.203. The molecular formula is C16H25N3O4S. The van der Waals surface area contributed by atoms with Crippen LogP contribution in [0.2, 0.25) is 0 Å². The van der Waals surface area contributed by atoms with Crippen molar-refractivity contribution in [1.82, 2.24) is 14.5 Å². The number of sulfonamides is 1. The summed E-state index contributed by atoms with van der Waals surface area (Å²) in [5.41, 5.74) is 1.31. The Hall–Kier alpha value is -1.64. The second-order valence-electron chi connectivity index (χ2n) is 6.10. The Balaban J connectivity index is 2.06. The minimum Gasteiger partial charge on any atom is -0.496 e. The van der Waals surface area contributed by atoms with Crippen LogP contribution in [-0.4, -0.2) is 71.0 Å². The summed E-state index contributed by atoms with van der Waals surface area (Å²) < 4.78 is 32.6. The Labute approximate surface area is 143 Å². The summed E-state index contributed by atoms with van der Waals surface area (Å²) in [5.74, 6) is 0.439. The van der Waals surface area contributed by atoms with Crippen LogP contribution in [0, 0.1) is 13.8 Å². The van der Waals surface area contributed by atoms with Gasteiger partial charge in [0.15, 0.2) is 0 Å². The molecule has 1 saturated heterocycles. The van der Waals surface area contributed by atoms with Crippen LogP contribution in [0.4, 0.5) is 0 Å². The highest BCUT2D eigenvalue weighted by Gasteiger charge is 2.23. The highest BCUT2D eigenvalue weighted by atomic mass is 32.2. The van der Waals surface area contributed by atoms with Crippen molar-refractivity contribution >= 4 is 15.9 Å². The number of hydrogen-bond donors (Lipinski definition) is 1. The number of methoxy groups -OCH3 is 1. The number of hydrogen-bond acceptors (Lipinski definition) is 5. The number of carbonyl (C=O) groups is 1. The molecule has 134 valence electrons. The van der Waals surface area contributed by atoms with Crippen molar-refractivity contribution in [3.05, 3.63) is 23.3 Å². The van der Waals surface area contributed by atoms with E-state index >= 15 is 0 Å². The molecule has 1 aromatic rings. The summed E-state index contributed by atoms with van der Waals surface area (Å²) >= 11 is 0. The minimum absolute atomic E-state index is 0.173. The molecule has 1 amide bonds. The average molecular weight is 355 g/mol. The molecule has 2 rings (SSSR count). The molecule has 0 spiro atoms. The molecule has 0 aromatic heterocycles. The van der Waals surface area contributed by atoms with E-state index in [0.29, 0.717) is 24.4 Å². The van der Waals surface area contributed by atoms with Gasteiger partial charge >= 0.3 is 0 Å². The van der Waals surface area contributed by atoms with Crippen molar-refractivity contribution < 1.29 is 17.9 Å². The lowest BCUT2D eigenvalue weighted by atomic mass is 10.1. The van der Waals surface area contributed by atoms with Crippen LogP contribution in [0.15, 0.2) is 17.0 Å². The largest absolute Gasteiger partial charge is 0.496 e. The van der Waals surface area contributed by atoms with E-state index in [1.165, 1.54) is 0 Å². The van der Waals surface area contributed by atoms with Crippen LogP contribution in [0.25, 0.3) is 0 Å². The molecule has 1 aromatic carbocycles. The van der Waals surface area contributed by atoms with Gasteiger partial charge in [-0.15, -0.1) is 0 Å². The van der Waals surface area contributed by atoms with E-state index in [1.807, 2.05) is 7.05 Å². The SMILES string of the molecule is COc1cc(C)c(S(=O)(=O)NCC(=O)N2CCN(C)CC2)cc1C. The Morgan fingerprint density at radius 2 is 1.79 bits per heavy atom. The maximum Gasteiger partial charge on any atom is 0.241 e. The lowest BCUT2D eigenvalue weighted by Gasteiger charge is -2.32. The van der Waals surface area contributed by atoms with Gasteiger partial charge in [-0.25, -0.2) is 13.1 Å². The Morgan fingerprint density at radius 1 is 1.17 bits per heavy atom. The van der Waals surface area contributed by atoms with Gasteiger partial charge in [0.2, 0.25) is 15.9 Å². The van der Waals surface area contributed by atoms with Gasteiger partial charge in [-0.1, -0.05) is 0 Å². The van der Waals surface area contributed by atoms with Gasteiger partial charge in [0.1, 0.15) is 5.75 Å². The van der Waals surface area contributed by atoms with Crippen LogP contribution in [0.3, 0.4) is 0 Å². The summed E-state index contributed by atoms with van der Waals surface area (Å²) in [5, 5.41) is 0. The Kier molecular flexibility index (Phi) is 5.84. The van der Waals surface area contributed by atoms with E-state index in [2.05, 4.69) is 9.62 Å². The monoisotopic (exact) mass is 355 g/mol. The molecule has 0 unspecified atom stereocenters. The Bertz CT molecular complexity index is 710. The van der Waals surface area contributed by atoms with Crippen LogP contribution in [-0.2, 0) is 14.8 Å². The van der Waals surface area contributed by atoms with Crippen LogP contribution >= 0.6 is 0 Å². The smallest absolute Gasteiger partial charge is 0.241 e. The van der Waals surface area contributed by atoms with E-state index in [1.54, 1.807) is 38.0 Å². The molecule has 1 fully saturated rings. The zero-order valence-electron chi connectivity index (χ0n) is 14.6. The third kappa shape index (κ3) is 4.25. The zero-order valence-corrected chi connectivity index (χ0v) is 15.4. The molecule has 0 saturated carbocycles. The number of nitrogens with one attached hydrogen (secondary N) is 1. The molecule has 0 radical (unpaired) electrons. The topological polar surface area (TPSA) is 78.9 Å². The van der Waals surface area contributed by atoms with Crippen LogP contribution < -0.4 is 9.46 Å². The standard InChI is InChI=1S/C16H25N3O4S/c1-12-10-15(13(2)9-14(12)23-4)24(21,22)17-11-16(20)19-7-5-18(3)6-8-19/h9-10,17H,5-8,11H2,1-4H3. The molecule has 1 heterocycles. The second-order valence-corrected chi connectivity index (χ2v) is 7.83. The van der Waals surface area contributed by atoms with E-state index < -0.39 is 10.0 Å². The molecule has 0 aliphatic carbocycles. The fourth-order valence-corrected chi connectivity index (χ4v) is 3.96. The first-order chi connectivity index (χ1) is 11.2. The maximum absolute atomic E-state index is 12.5. The van der Waals surface area contributed by atoms with Gasteiger partial charge < -0.3 is 14.5 Å². The molecule has 0 bridgehead atoms. The molecule has 0 atom stereocenters. The summed E-state index contributed by atoms with van der Waals surface area (Å²) in [4.78, 5) is 16.2. The lowest BCUT2D eigenvalue weighted by molar-refractivity contribution is -0.131. The number of piperazine rings is 1. The molecule has 1 N–H and O–H groups in total. The predicted octanol–water partition coefficient (Wildman–Crippen LogP) is 0.364. The number of rotatable bonds is 5. The number of likely N-dealkylation sites (N-methyl/N-ethyl adjacent to an activating group) is 1. The number of benzene rings is 1. The fourth-order valence-electron chi connectivity index (χ4n) is 2.67. The van der Waals surface area contributed by atoms with Gasteiger partial charge in [0.25, 0.3) is 0 Å². The van der Waals surface area contributed by atoms with Crippen LogP contribution in [0.5, 0.6) is 5.75 Å². The van der Waals surface area contributed by atoms with Crippen molar-refractivity contribution in [2.75, 3.05) is 46.9 Å². The Morgan fingerprint density at radius 3 is 2.38 bits per heavy atom. The third-order valence-electron chi connectivity index (χ3n) is 4.25. The molecule has 7 nitrogen and oxygen atoms in total. The highest BCUT2D eigenvalue weighted by Crippen LogP contribution is 2.25. The van der Waals surface area contributed by atoms with Crippen molar-refractivity contribution in [2.24, 2.45) is 0 Å². The maximum atomic E-state index is 12.5. The van der Waals surface area contributed by atoms with E-state index in [9.17, 15) is 13.2 Å². The van der Waals surface area contributed by atoms with E-state index in [-0.39, 0.29) is 17.3 Å². The predicted molar refractivity (Wildman–Crippen MR) is 91.7 cm³/mol. The zero-order chi connectivity index (χ0) is 17.9. The first kappa shape index (κ1) is 18.7. The van der Waals surface area contributed by atoms with Crippen LogP contribution in [0.1, 0.15) is 11.1 Å². The molecular weight excluding hydrogens is 330 g/mol. The van der Waals surface area contributed by atoms with Gasteiger partial charge in [-0.05, 0) is 44.2 Å². The van der Waals surface area contributed by atoms with E-state index in [4.69, 9.17) is 4.74 Å². The highest BCUT2D eigenvalue weighted by molar-refractivity contribution is 7.89. The number of aryl methyl sites for hydroxylation is 2. The molecule has 1 aliphatic heterocycles. The second kappa shape index (κ2) is 7.50. The number of amides is 1. The van der Waals surface area contributed by atoms with Crippen molar-refractivity contribution in [3.8, 4) is 5.75 Å². The van der Waals surface area contributed by atoms with Crippen molar-refractivity contribution in [2.45, 2.75) is 18.7 Å². The average Bonchev–Trinajstić information content (AvgIpc) is 2.55. The summed E-state index contributed by atoms with van der Waals surface area (Å²) in [6.45, 7) is 6.11. The number of ether oxygens (including phenoxy) is 1. The lowest BCUT2D eigenvalue weighted by Crippen LogP contribution is -2.50. The first-order valence-corrected chi connectivity index (χ1v) is 9.34.